The molecule has 0 spiro atoms. The first-order chi connectivity index (χ1) is 6.90. The van der Waals surface area contributed by atoms with E-state index in [2.05, 4.69) is 15.5 Å². The Labute approximate surface area is 86.5 Å². The van der Waals surface area contributed by atoms with E-state index in [1.165, 1.54) is 0 Å². The van der Waals surface area contributed by atoms with Crippen LogP contribution < -0.4 is 0 Å². The van der Waals surface area contributed by atoms with Gasteiger partial charge in [-0.15, -0.1) is 16.7 Å². The van der Waals surface area contributed by atoms with Crippen LogP contribution in [-0.4, -0.2) is 20.2 Å². The predicted molar refractivity (Wildman–Crippen MR) is 52.9 cm³/mol. The Morgan fingerprint density at radius 2 is 2.00 bits per heavy atom. The van der Waals surface area contributed by atoms with Crippen LogP contribution in [0.4, 0.5) is 0 Å². The van der Waals surface area contributed by atoms with Gasteiger partial charge in [-0.3, -0.25) is 0 Å². The summed E-state index contributed by atoms with van der Waals surface area (Å²) in [5.41, 5.74) is 1.16. The normalized spacial score (nSPS) is 10.4. The molecule has 0 atom stereocenters. The number of benzene rings is 1. The van der Waals surface area contributed by atoms with Crippen molar-refractivity contribution in [3.8, 4) is 0 Å². The summed E-state index contributed by atoms with van der Waals surface area (Å²) in [5.74, 6) is 1.02. The highest BCUT2D eigenvalue weighted by Gasteiger charge is 2.03. The summed E-state index contributed by atoms with van der Waals surface area (Å²) in [6.45, 7) is 0.663. The van der Waals surface area contributed by atoms with Crippen LogP contribution in [0.5, 0.6) is 0 Å². The molecule has 0 N–H and O–H groups in total. The van der Waals surface area contributed by atoms with E-state index in [1.54, 1.807) is 4.68 Å². The second-order valence-corrected chi connectivity index (χ2v) is 3.14. The van der Waals surface area contributed by atoms with Crippen molar-refractivity contribution in [3.63, 3.8) is 0 Å². The van der Waals surface area contributed by atoms with Crippen LogP contribution >= 0.6 is 11.6 Å². The van der Waals surface area contributed by atoms with Gasteiger partial charge in [-0.25, -0.2) is 4.68 Å². The van der Waals surface area contributed by atoms with E-state index >= 15 is 0 Å². The molecule has 72 valence electrons. The summed E-state index contributed by atoms with van der Waals surface area (Å²) < 4.78 is 1.70. The Kier molecular flexibility index (Phi) is 2.74. The first kappa shape index (κ1) is 9.15. The lowest BCUT2D eigenvalue weighted by molar-refractivity contribution is 0.630. The van der Waals surface area contributed by atoms with E-state index < -0.39 is 0 Å². The summed E-state index contributed by atoms with van der Waals surface area (Å²) in [4.78, 5) is 0. The molecule has 0 fully saturated rings. The van der Waals surface area contributed by atoms with Crippen molar-refractivity contribution in [2.75, 3.05) is 0 Å². The summed E-state index contributed by atoms with van der Waals surface area (Å²) in [6, 6.07) is 10.0. The van der Waals surface area contributed by atoms with Gasteiger partial charge in [-0.1, -0.05) is 30.3 Å². The monoisotopic (exact) mass is 208 g/mol. The standard InChI is InChI=1S/C9H9ClN4/c10-6-9-11-12-13-14(9)7-8-4-2-1-3-5-8/h1-5H,6-7H2. The smallest absolute Gasteiger partial charge is 0.166 e. The molecule has 0 unspecified atom stereocenters. The highest BCUT2D eigenvalue weighted by Crippen LogP contribution is 2.03. The van der Waals surface area contributed by atoms with E-state index in [0.29, 0.717) is 18.2 Å². The van der Waals surface area contributed by atoms with E-state index in [1.807, 2.05) is 30.3 Å². The SMILES string of the molecule is ClCc1nnnn1Cc1ccccc1. The van der Waals surface area contributed by atoms with Crippen LogP contribution in [0.3, 0.4) is 0 Å². The number of halogens is 1. The molecule has 4 nitrogen and oxygen atoms in total. The first-order valence-electron chi connectivity index (χ1n) is 4.25. The third-order valence-electron chi connectivity index (χ3n) is 1.90. The summed E-state index contributed by atoms with van der Waals surface area (Å²) in [6.07, 6.45) is 0. The molecule has 1 aromatic carbocycles. The Morgan fingerprint density at radius 3 is 2.71 bits per heavy atom. The minimum Gasteiger partial charge on any atom is -0.224 e. The van der Waals surface area contributed by atoms with Crippen LogP contribution in [0.15, 0.2) is 30.3 Å². The molecule has 2 rings (SSSR count). The number of tetrazole rings is 1. The van der Waals surface area contributed by atoms with Crippen molar-refractivity contribution in [3.05, 3.63) is 41.7 Å². The lowest BCUT2D eigenvalue weighted by atomic mass is 10.2. The fourth-order valence-corrected chi connectivity index (χ4v) is 1.39. The third-order valence-corrected chi connectivity index (χ3v) is 2.14. The van der Waals surface area contributed by atoms with Gasteiger partial charge in [0.2, 0.25) is 0 Å². The molecule has 14 heavy (non-hydrogen) atoms. The summed E-state index contributed by atoms with van der Waals surface area (Å²) in [5, 5.41) is 11.2. The predicted octanol–water partition coefficient (Wildman–Crippen LogP) is 1.46. The molecule has 0 bridgehead atoms. The molecule has 1 aromatic heterocycles. The molecule has 0 saturated carbocycles. The Bertz CT molecular complexity index is 398. The van der Waals surface area contributed by atoms with Crippen molar-refractivity contribution >= 4 is 11.6 Å². The van der Waals surface area contributed by atoms with Gasteiger partial charge in [-0.05, 0) is 16.0 Å². The minimum atomic E-state index is 0.333. The van der Waals surface area contributed by atoms with Gasteiger partial charge < -0.3 is 0 Å². The number of nitrogens with zero attached hydrogens (tertiary/aromatic N) is 4. The quantitative estimate of drug-likeness (QED) is 0.718. The van der Waals surface area contributed by atoms with Gasteiger partial charge in [0.15, 0.2) is 5.82 Å². The largest absolute Gasteiger partial charge is 0.224 e. The van der Waals surface area contributed by atoms with Gasteiger partial charge in [0.1, 0.15) is 0 Å². The second kappa shape index (κ2) is 4.19. The summed E-state index contributed by atoms with van der Waals surface area (Å²) in [7, 11) is 0. The maximum atomic E-state index is 5.68. The third kappa shape index (κ3) is 1.90. The van der Waals surface area contributed by atoms with Gasteiger partial charge in [0.05, 0.1) is 12.4 Å². The van der Waals surface area contributed by atoms with Crippen LogP contribution in [0, 0.1) is 0 Å². The molecule has 0 radical (unpaired) electrons. The molecule has 0 aliphatic carbocycles. The Morgan fingerprint density at radius 1 is 1.21 bits per heavy atom. The number of alkyl halides is 1. The van der Waals surface area contributed by atoms with Gasteiger partial charge >= 0.3 is 0 Å². The maximum absolute atomic E-state index is 5.68. The van der Waals surface area contributed by atoms with Crippen molar-refractivity contribution in [2.45, 2.75) is 12.4 Å². The zero-order valence-corrected chi connectivity index (χ0v) is 8.22. The fraction of sp³-hybridized carbons (Fsp3) is 0.222. The Balaban J connectivity index is 2.19. The molecular formula is C9H9ClN4. The zero-order chi connectivity index (χ0) is 9.80. The molecule has 0 aliphatic rings. The first-order valence-corrected chi connectivity index (χ1v) is 4.78. The molecule has 0 saturated heterocycles. The molecule has 2 aromatic rings. The number of rotatable bonds is 3. The van der Waals surface area contributed by atoms with E-state index in [4.69, 9.17) is 11.6 Å². The Hall–Kier alpha value is -1.42. The van der Waals surface area contributed by atoms with Crippen LogP contribution in [0.25, 0.3) is 0 Å². The fourth-order valence-electron chi connectivity index (χ4n) is 1.20. The van der Waals surface area contributed by atoms with Crippen molar-refractivity contribution < 1.29 is 0 Å². The molecule has 5 heteroatoms. The average Bonchev–Trinajstić information content (AvgIpc) is 2.67. The highest BCUT2D eigenvalue weighted by molar-refractivity contribution is 6.16. The lowest BCUT2D eigenvalue weighted by Crippen LogP contribution is -2.05. The molecule has 1 heterocycles. The zero-order valence-electron chi connectivity index (χ0n) is 7.47. The highest BCUT2D eigenvalue weighted by atomic mass is 35.5. The number of hydrogen-bond donors (Lipinski definition) is 0. The number of aromatic nitrogens is 4. The van der Waals surface area contributed by atoms with Crippen LogP contribution in [-0.2, 0) is 12.4 Å². The lowest BCUT2D eigenvalue weighted by Gasteiger charge is -2.01. The topological polar surface area (TPSA) is 43.6 Å². The van der Waals surface area contributed by atoms with Crippen molar-refractivity contribution in [1.29, 1.82) is 0 Å². The van der Waals surface area contributed by atoms with E-state index in [9.17, 15) is 0 Å². The molecule has 0 amide bonds. The van der Waals surface area contributed by atoms with Gasteiger partial charge in [0.25, 0.3) is 0 Å². The van der Waals surface area contributed by atoms with Crippen molar-refractivity contribution in [1.82, 2.24) is 20.2 Å². The van der Waals surface area contributed by atoms with Gasteiger partial charge in [0, 0.05) is 0 Å². The van der Waals surface area contributed by atoms with E-state index in [0.717, 1.165) is 5.56 Å². The second-order valence-electron chi connectivity index (χ2n) is 2.87. The van der Waals surface area contributed by atoms with Crippen LogP contribution in [0.2, 0.25) is 0 Å². The molecular weight excluding hydrogens is 200 g/mol. The van der Waals surface area contributed by atoms with Gasteiger partial charge in [-0.2, -0.15) is 0 Å². The van der Waals surface area contributed by atoms with E-state index in [-0.39, 0.29) is 0 Å². The van der Waals surface area contributed by atoms with Crippen LogP contribution in [0.1, 0.15) is 11.4 Å². The average molecular weight is 209 g/mol. The maximum Gasteiger partial charge on any atom is 0.166 e. The summed E-state index contributed by atoms with van der Waals surface area (Å²) >= 11 is 5.68. The molecule has 0 aliphatic heterocycles. The minimum absolute atomic E-state index is 0.333. The number of hydrogen-bond acceptors (Lipinski definition) is 3. The van der Waals surface area contributed by atoms with Crippen molar-refractivity contribution in [2.24, 2.45) is 0 Å².